The summed E-state index contributed by atoms with van der Waals surface area (Å²) in [6.07, 6.45) is 3.40. The highest BCUT2D eigenvalue weighted by atomic mass is 16.2. The SMILES string of the molecule is CCN1CCN(C(=O)C2(C(=O)N3CCCc4ccccc43)CC2)CC1. The molecule has 4 rings (SSSR count). The lowest BCUT2D eigenvalue weighted by molar-refractivity contribution is -0.144. The number of carbonyl (C=O) groups excluding carboxylic acids is 2. The Balaban J connectivity index is 1.52. The zero-order valence-corrected chi connectivity index (χ0v) is 15.0. The Labute approximate surface area is 149 Å². The third-order valence-electron chi connectivity index (χ3n) is 6.03. The van der Waals surface area contributed by atoms with Crippen LogP contribution in [0.25, 0.3) is 0 Å². The van der Waals surface area contributed by atoms with E-state index in [1.165, 1.54) is 5.56 Å². The molecule has 2 fully saturated rings. The highest BCUT2D eigenvalue weighted by molar-refractivity contribution is 6.14. The van der Waals surface area contributed by atoms with Crippen LogP contribution in [0.1, 0.15) is 31.7 Å². The Bertz CT molecular complexity index is 675. The smallest absolute Gasteiger partial charge is 0.242 e. The normalized spacial score (nSPS) is 22.4. The van der Waals surface area contributed by atoms with Gasteiger partial charge in [0.1, 0.15) is 5.41 Å². The summed E-state index contributed by atoms with van der Waals surface area (Å²) in [6.45, 7) is 7.23. The second kappa shape index (κ2) is 6.45. The van der Waals surface area contributed by atoms with Crippen molar-refractivity contribution in [3.05, 3.63) is 29.8 Å². The number of rotatable bonds is 3. The number of benzene rings is 1. The highest BCUT2D eigenvalue weighted by Crippen LogP contribution is 2.50. The number of hydrogen-bond donors (Lipinski definition) is 0. The van der Waals surface area contributed by atoms with Gasteiger partial charge in [-0.1, -0.05) is 25.1 Å². The molecule has 0 spiro atoms. The van der Waals surface area contributed by atoms with Crippen LogP contribution in [0.2, 0.25) is 0 Å². The van der Waals surface area contributed by atoms with Crippen molar-refractivity contribution in [3.63, 3.8) is 0 Å². The molecule has 0 radical (unpaired) electrons. The molecular weight excluding hydrogens is 314 g/mol. The van der Waals surface area contributed by atoms with Gasteiger partial charge in [0.05, 0.1) is 0 Å². The Kier molecular flexibility index (Phi) is 4.28. The number of piperazine rings is 1. The van der Waals surface area contributed by atoms with Gasteiger partial charge in [-0.2, -0.15) is 0 Å². The first-order valence-corrected chi connectivity index (χ1v) is 9.57. The van der Waals surface area contributed by atoms with Crippen molar-refractivity contribution < 1.29 is 9.59 Å². The standard InChI is InChI=1S/C20H27N3O2/c1-2-21-12-14-22(15-13-21)18(24)20(9-10-20)19(25)23-11-5-7-16-6-3-4-8-17(16)23/h3-4,6,8H,2,5,7,9-15H2,1H3. The quantitative estimate of drug-likeness (QED) is 0.789. The number of aryl methyl sites for hydroxylation is 1. The van der Waals surface area contributed by atoms with Crippen molar-refractivity contribution in [3.8, 4) is 0 Å². The second-order valence-electron chi connectivity index (χ2n) is 7.50. The van der Waals surface area contributed by atoms with E-state index in [-0.39, 0.29) is 11.8 Å². The lowest BCUT2D eigenvalue weighted by atomic mass is 9.97. The lowest BCUT2D eigenvalue weighted by Gasteiger charge is -2.37. The largest absolute Gasteiger partial charge is 0.339 e. The molecule has 1 aromatic carbocycles. The Hall–Kier alpha value is -1.88. The number of likely N-dealkylation sites (N-methyl/N-ethyl adjacent to an activating group) is 1. The molecule has 0 atom stereocenters. The molecule has 0 aromatic heterocycles. The molecule has 2 amide bonds. The average Bonchev–Trinajstić information content (AvgIpc) is 3.48. The molecule has 1 aromatic rings. The molecule has 25 heavy (non-hydrogen) atoms. The van der Waals surface area contributed by atoms with E-state index in [9.17, 15) is 9.59 Å². The van der Waals surface area contributed by atoms with Gasteiger partial charge in [-0.05, 0) is 43.9 Å². The molecule has 0 bridgehead atoms. The van der Waals surface area contributed by atoms with E-state index in [0.29, 0.717) is 12.8 Å². The molecule has 2 aliphatic heterocycles. The summed E-state index contributed by atoms with van der Waals surface area (Å²) < 4.78 is 0. The molecule has 0 unspecified atom stereocenters. The maximum atomic E-state index is 13.3. The Morgan fingerprint density at radius 2 is 1.72 bits per heavy atom. The number of carbonyl (C=O) groups is 2. The van der Waals surface area contributed by atoms with Gasteiger partial charge in [0.2, 0.25) is 11.8 Å². The van der Waals surface area contributed by atoms with Crippen LogP contribution in [0.3, 0.4) is 0 Å². The number of nitrogens with zero attached hydrogens (tertiary/aromatic N) is 3. The number of para-hydroxylation sites is 1. The fourth-order valence-electron chi connectivity index (χ4n) is 4.22. The van der Waals surface area contributed by atoms with Crippen molar-refractivity contribution in [1.29, 1.82) is 0 Å². The summed E-state index contributed by atoms with van der Waals surface area (Å²) in [6, 6.07) is 8.13. The first kappa shape index (κ1) is 16.6. The fraction of sp³-hybridized carbons (Fsp3) is 0.600. The van der Waals surface area contributed by atoms with E-state index >= 15 is 0 Å². The summed E-state index contributed by atoms with van der Waals surface area (Å²) in [4.78, 5) is 32.6. The number of anilines is 1. The second-order valence-corrected chi connectivity index (χ2v) is 7.50. The molecule has 1 saturated heterocycles. The Morgan fingerprint density at radius 3 is 2.40 bits per heavy atom. The van der Waals surface area contributed by atoms with Gasteiger partial charge in [0, 0.05) is 38.4 Å². The molecule has 2 heterocycles. The van der Waals surface area contributed by atoms with Gasteiger partial charge in [-0.3, -0.25) is 9.59 Å². The summed E-state index contributed by atoms with van der Waals surface area (Å²) >= 11 is 0. The van der Waals surface area contributed by atoms with Gasteiger partial charge in [0.25, 0.3) is 0 Å². The van der Waals surface area contributed by atoms with E-state index in [2.05, 4.69) is 17.9 Å². The molecule has 5 nitrogen and oxygen atoms in total. The minimum Gasteiger partial charge on any atom is -0.339 e. The van der Waals surface area contributed by atoms with Gasteiger partial charge >= 0.3 is 0 Å². The molecule has 1 saturated carbocycles. The van der Waals surface area contributed by atoms with Gasteiger partial charge < -0.3 is 14.7 Å². The topological polar surface area (TPSA) is 43.9 Å². The molecule has 3 aliphatic rings. The van der Waals surface area contributed by atoms with Crippen LogP contribution in [0.4, 0.5) is 5.69 Å². The summed E-state index contributed by atoms with van der Waals surface area (Å²) in [5, 5.41) is 0. The third-order valence-corrected chi connectivity index (χ3v) is 6.03. The van der Waals surface area contributed by atoms with Crippen LogP contribution in [0.15, 0.2) is 24.3 Å². The van der Waals surface area contributed by atoms with Crippen LogP contribution in [0.5, 0.6) is 0 Å². The lowest BCUT2D eigenvalue weighted by Crippen LogP contribution is -2.54. The van der Waals surface area contributed by atoms with Crippen molar-refractivity contribution in [2.24, 2.45) is 5.41 Å². The monoisotopic (exact) mass is 341 g/mol. The number of fused-ring (bicyclic) bond motifs is 1. The van der Waals surface area contributed by atoms with Crippen molar-refractivity contribution in [1.82, 2.24) is 9.80 Å². The average molecular weight is 341 g/mol. The maximum absolute atomic E-state index is 13.3. The Morgan fingerprint density at radius 1 is 1.00 bits per heavy atom. The highest BCUT2D eigenvalue weighted by Gasteiger charge is 2.59. The van der Waals surface area contributed by atoms with E-state index < -0.39 is 5.41 Å². The zero-order chi connectivity index (χ0) is 17.4. The summed E-state index contributed by atoms with van der Waals surface area (Å²) in [7, 11) is 0. The van der Waals surface area contributed by atoms with Crippen LogP contribution < -0.4 is 4.90 Å². The van der Waals surface area contributed by atoms with Crippen LogP contribution in [-0.4, -0.2) is 60.9 Å². The predicted molar refractivity (Wildman–Crippen MR) is 97.5 cm³/mol. The molecule has 5 heteroatoms. The summed E-state index contributed by atoms with van der Waals surface area (Å²) in [5.41, 5.74) is 1.45. The first-order chi connectivity index (χ1) is 12.2. The van der Waals surface area contributed by atoms with E-state index in [4.69, 9.17) is 0 Å². The third kappa shape index (κ3) is 2.84. The summed E-state index contributed by atoms with van der Waals surface area (Å²) in [5.74, 6) is 0.0962. The number of hydrogen-bond acceptors (Lipinski definition) is 3. The van der Waals surface area contributed by atoms with Crippen LogP contribution in [0, 0.1) is 5.41 Å². The van der Waals surface area contributed by atoms with Gasteiger partial charge in [-0.25, -0.2) is 0 Å². The zero-order valence-electron chi connectivity index (χ0n) is 15.0. The van der Waals surface area contributed by atoms with Gasteiger partial charge in [-0.15, -0.1) is 0 Å². The van der Waals surface area contributed by atoms with Crippen molar-refractivity contribution in [2.45, 2.75) is 32.6 Å². The molecule has 134 valence electrons. The van der Waals surface area contributed by atoms with Crippen LogP contribution >= 0.6 is 0 Å². The van der Waals surface area contributed by atoms with E-state index in [1.54, 1.807) is 0 Å². The van der Waals surface area contributed by atoms with Crippen molar-refractivity contribution in [2.75, 3.05) is 44.2 Å². The number of amides is 2. The minimum atomic E-state index is -0.779. The fourth-order valence-corrected chi connectivity index (χ4v) is 4.22. The minimum absolute atomic E-state index is 0.0302. The molecule has 1 aliphatic carbocycles. The predicted octanol–water partition coefficient (Wildman–Crippen LogP) is 1.91. The van der Waals surface area contributed by atoms with Crippen LogP contribution in [-0.2, 0) is 16.0 Å². The van der Waals surface area contributed by atoms with E-state index in [0.717, 1.165) is 57.8 Å². The maximum Gasteiger partial charge on any atom is 0.242 e. The van der Waals surface area contributed by atoms with Crippen molar-refractivity contribution >= 4 is 17.5 Å². The van der Waals surface area contributed by atoms with Gasteiger partial charge in [0.15, 0.2) is 0 Å². The first-order valence-electron chi connectivity index (χ1n) is 9.57. The van der Waals surface area contributed by atoms with E-state index in [1.807, 2.05) is 28.0 Å². The molecule has 0 N–H and O–H groups in total. The molecular formula is C20H27N3O2.